The zero-order valence-electron chi connectivity index (χ0n) is 20.4. The van der Waals surface area contributed by atoms with Crippen molar-refractivity contribution in [2.24, 2.45) is 5.92 Å². The molecular formula is C27H44OS2. The molecule has 0 heterocycles. The molecule has 0 bridgehead atoms. The molecule has 0 saturated carbocycles. The number of ether oxygens (including phenoxy) is 1. The highest BCUT2D eigenvalue weighted by atomic mass is 32.2. The molecule has 3 heteroatoms. The quantitative estimate of drug-likeness (QED) is 0.339. The molecule has 2 rings (SSSR count). The summed E-state index contributed by atoms with van der Waals surface area (Å²) in [5.74, 6) is 5.35. The highest BCUT2D eigenvalue weighted by Gasteiger charge is 2.00. The normalized spacial score (nSPS) is 10.1. The lowest BCUT2D eigenvalue weighted by atomic mass is 10.1. The molecular weight excluding hydrogens is 404 g/mol. The third-order valence-electron chi connectivity index (χ3n) is 3.78. The van der Waals surface area contributed by atoms with Crippen LogP contribution in [0.1, 0.15) is 77.1 Å². The topological polar surface area (TPSA) is 9.23 Å². The van der Waals surface area contributed by atoms with Crippen molar-refractivity contribution in [3.8, 4) is 0 Å². The summed E-state index contributed by atoms with van der Waals surface area (Å²) in [7, 11) is 0. The van der Waals surface area contributed by atoms with E-state index in [1.54, 1.807) is 0 Å². The van der Waals surface area contributed by atoms with Crippen LogP contribution in [-0.4, -0.2) is 11.5 Å². The van der Waals surface area contributed by atoms with Crippen LogP contribution in [0, 0.1) is 5.92 Å². The standard InChI is InChI=1S/C22H30OS2.C3H8.C2H6/c1-4-24-16-21-9-5-19(6-10-21)13-23-14-20-7-11-22(12-8-20)17-25-15-18(2)3;1-3-2;1-2/h5-12,18H,4,13-17H2,1-3H3;3H2,1-2H3;1-2H3. The van der Waals surface area contributed by atoms with Gasteiger partial charge in [0.1, 0.15) is 0 Å². The van der Waals surface area contributed by atoms with E-state index in [0.29, 0.717) is 13.2 Å². The Morgan fingerprint density at radius 3 is 1.40 bits per heavy atom. The second kappa shape index (κ2) is 20.0. The predicted molar refractivity (Wildman–Crippen MR) is 142 cm³/mol. The van der Waals surface area contributed by atoms with Crippen molar-refractivity contribution in [1.29, 1.82) is 0 Å². The van der Waals surface area contributed by atoms with Crippen LogP contribution in [0.4, 0.5) is 0 Å². The predicted octanol–water partition coefficient (Wildman–Crippen LogP) is 8.99. The monoisotopic (exact) mass is 448 g/mol. The summed E-state index contributed by atoms with van der Waals surface area (Å²) in [6.45, 7) is 16.3. The molecule has 2 aromatic carbocycles. The van der Waals surface area contributed by atoms with E-state index in [1.165, 1.54) is 40.2 Å². The molecule has 0 aliphatic rings. The number of benzene rings is 2. The fourth-order valence-corrected chi connectivity index (χ4v) is 4.03. The molecule has 0 spiro atoms. The summed E-state index contributed by atoms with van der Waals surface area (Å²) in [4.78, 5) is 0. The van der Waals surface area contributed by atoms with Crippen molar-refractivity contribution in [1.82, 2.24) is 0 Å². The molecule has 30 heavy (non-hydrogen) atoms. The van der Waals surface area contributed by atoms with Gasteiger partial charge in [-0.15, -0.1) is 0 Å². The van der Waals surface area contributed by atoms with Gasteiger partial charge in [-0.1, -0.05) is 103 Å². The van der Waals surface area contributed by atoms with E-state index in [9.17, 15) is 0 Å². The molecule has 0 fully saturated rings. The number of hydrogen-bond donors (Lipinski definition) is 0. The van der Waals surface area contributed by atoms with Crippen molar-refractivity contribution >= 4 is 23.5 Å². The number of thioether (sulfide) groups is 2. The van der Waals surface area contributed by atoms with Crippen molar-refractivity contribution < 1.29 is 4.74 Å². The zero-order valence-corrected chi connectivity index (χ0v) is 22.0. The lowest BCUT2D eigenvalue weighted by Gasteiger charge is -2.08. The first-order valence-electron chi connectivity index (χ1n) is 11.5. The van der Waals surface area contributed by atoms with E-state index in [0.717, 1.165) is 17.4 Å². The maximum Gasteiger partial charge on any atom is 0.0721 e. The number of hydrogen-bond acceptors (Lipinski definition) is 3. The first-order valence-corrected chi connectivity index (χ1v) is 13.8. The van der Waals surface area contributed by atoms with Crippen molar-refractivity contribution in [2.45, 2.75) is 79.6 Å². The van der Waals surface area contributed by atoms with Crippen LogP contribution in [-0.2, 0) is 29.5 Å². The van der Waals surface area contributed by atoms with Crippen LogP contribution in [0.3, 0.4) is 0 Å². The summed E-state index contributed by atoms with van der Waals surface area (Å²) < 4.78 is 5.87. The zero-order chi connectivity index (χ0) is 22.6. The van der Waals surface area contributed by atoms with E-state index >= 15 is 0 Å². The van der Waals surface area contributed by atoms with Gasteiger partial charge >= 0.3 is 0 Å². The first-order chi connectivity index (χ1) is 14.6. The van der Waals surface area contributed by atoms with Gasteiger partial charge in [0.25, 0.3) is 0 Å². The van der Waals surface area contributed by atoms with Gasteiger partial charge in [-0.3, -0.25) is 0 Å². The minimum absolute atomic E-state index is 0.673. The maximum absolute atomic E-state index is 5.87. The molecule has 0 aromatic heterocycles. The molecule has 0 aliphatic carbocycles. The Bertz CT molecular complexity index is 606. The maximum atomic E-state index is 5.87. The Labute approximate surface area is 195 Å². The fraction of sp³-hybridized carbons (Fsp3) is 0.556. The fourth-order valence-electron chi connectivity index (χ4n) is 2.38. The molecule has 2 aromatic rings. The second-order valence-electron chi connectivity index (χ2n) is 7.38. The minimum atomic E-state index is 0.673. The highest BCUT2D eigenvalue weighted by molar-refractivity contribution is 7.98. The SMILES string of the molecule is CC.CCC.CCSCc1ccc(COCc2ccc(CSCC(C)C)cc2)cc1. The molecule has 1 nitrogen and oxygen atoms in total. The average Bonchev–Trinajstić information content (AvgIpc) is 2.76. The smallest absolute Gasteiger partial charge is 0.0721 e. The van der Waals surface area contributed by atoms with Gasteiger partial charge in [-0.25, -0.2) is 0 Å². The van der Waals surface area contributed by atoms with Gasteiger partial charge in [0.05, 0.1) is 13.2 Å². The molecule has 0 unspecified atom stereocenters. The van der Waals surface area contributed by atoms with Crippen LogP contribution in [0.25, 0.3) is 0 Å². The lowest BCUT2D eigenvalue weighted by molar-refractivity contribution is 0.107. The lowest BCUT2D eigenvalue weighted by Crippen LogP contribution is -1.95. The third-order valence-corrected chi connectivity index (χ3v) is 6.16. The summed E-state index contributed by atoms with van der Waals surface area (Å²) in [5.41, 5.74) is 5.27. The summed E-state index contributed by atoms with van der Waals surface area (Å²) in [6, 6.07) is 17.6. The van der Waals surface area contributed by atoms with Crippen molar-refractivity contribution in [3.05, 3.63) is 70.8 Å². The number of rotatable bonds is 11. The van der Waals surface area contributed by atoms with Crippen LogP contribution < -0.4 is 0 Å². The van der Waals surface area contributed by atoms with Crippen LogP contribution in [0.5, 0.6) is 0 Å². The molecule has 170 valence electrons. The third kappa shape index (κ3) is 15.0. The largest absolute Gasteiger partial charge is 0.372 e. The molecule has 0 radical (unpaired) electrons. The van der Waals surface area contributed by atoms with Gasteiger partial charge in [0.15, 0.2) is 0 Å². The Balaban J connectivity index is 0.00000154. The minimum Gasteiger partial charge on any atom is -0.372 e. The van der Waals surface area contributed by atoms with E-state index in [1.807, 2.05) is 37.4 Å². The summed E-state index contributed by atoms with van der Waals surface area (Å²) in [6.07, 6.45) is 1.25. The summed E-state index contributed by atoms with van der Waals surface area (Å²) in [5, 5.41) is 0. The second-order valence-corrected chi connectivity index (χ2v) is 9.68. The van der Waals surface area contributed by atoms with E-state index in [-0.39, 0.29) is 0 Å². The van der Waals surface area contributed by atoms with E-state index in [4.69, 9.17) is 4.74 Å². The Kier molecular flexibility index (Phi) is 19.4. The molecule has 0 N–H and O–H groups in total. The Morgan fingerprint density at radius 2 is 1.03 bits per heavy atom. The van der Waals surface area contributed by atoms with Crippen LogP contribution in [0.15, 0.2) is 48.5 Å². The molecule has 0 aliphatic heterocycles. The average molecular weight is 449 g/mol. The van der Waals surface area contributed by atoms with Gasteiger partial charge < -0.3 is 4.74 Å². The van der Waals surface area contributed by atoms with Gasteiger partial charge in [0.2, 0.25) is 0 Å². The molecule has 0 amide bonds. The molecule has 0 saturated heterocycles. The van der Waals surface area contributed by atoms with Crippen LogP contribution in [0.2, 0.25) is 0 Å². The van der Waals surface area contributed by atoms with E-state index in [2.05, 4.69) is 83.1 Å². The Hall–Kier alpha value is -0.900. The highest BCUT2D eigenvalue weighted by Crippen LogP contribution is 2.17. The van der Waals surface area contributed by atoms with Gasteiger partial charge in [-0.2, -0.15) is 23.5 Å². The van der Waals surface area contributed by atoms with Gasteiger partial charge in [-0.05, 0) is 39.7 Å². The van der Waals surface area contributed by atoms with Crippen LogP contribution >= 0.6 is 23.5 Å². The first kappa shape index (κ1) is 29.1. The summed E-state index contributed by atoms with van der Waals surface area (Å²) >= 11 is 3.97. The Morgan fingerprint density at radius 1 is 0.667 bits per heavy atom. The molecule has 0 atom stereocenters. The van der Waals surface area contributed by atoms with Crippen molar-refractivity contribution in [3.63, 3.8) is 0 Å². The van der Waals surface area contributed by atoms with E-state index < -0.39 is 0 Å². The van der Waals surface area contributed by atoms with Crippen molar-refractivity contribution in [2.75, 3.05) is 11.5 Å². The van der Waals surface area contributed by atoms with Gasteiger partial charge in [0, 0.05) is 11.5 Å².